The highest BCUT2D eigenvalue weighted by atomic mass is 35.5. The molecule has 0 aliphatic rings. The van der Waals surface area contributed by atoms with Gasteiger partial charge >= 0.3 is 0 Å². The minimum Gasteiger partial charge on any atom is -0.293 e. The van der Waals surface area contributed by atoms with Gasteiger partial charge in [-0.2, -0.15) is 0 Å². The van der Waals surface area contributed by atoms with Crippen molar-refractivity contribution >= 4 is 40.7 Å². The van der Waals surface area contributed by atoms with Gasteiger partial charge in [-0.25, -0.2) is 0 Å². The molecule has 2 rings (SSSR count). The van der Waals surface area contributed by atoms with E-state index in [1.165, 1.54) is 0 Å². The van der Waals surface area contributed by atoms with Crippen molar-refractivity contribution in [1.82, 2.24) is 4.98 Å². The van der Waals surface area contributed by atoms with Crippen LogP contribution in [0.5, 0.6) is 0 Å². The molecule has 4 heteroatoms. The molecule has 1 aromatic heterocycles. The quantitative estimate of drug-likeness (QED) is 0.598. The predicted molar refractivity (Wildman–Crippen MR) is 64.0 cm³/mol. The average Bonchev–Trinajstić information content (AvgIpc) is 2.27. The zero-order chi connectivity index (χ0) is 9.97. The summed E-state index contributed by atoms with van der Waals surface area (Å²) in [7, 11) is 0. The second kappa shape index (κ2) is 5.10. The summed E-state index contributed by atoms with van der Waals surface area (Å²) in [5, 5.41) is 0.862. The minimum atomic E-state index is -0.0646. The molecule has 0 saturated carbocycles. The van der Waals surface area contributed by atoms with Crippen LogP contribution in [0.15, 0.2) is 36.5 Å². The number of para-hydroxylation sites is 1. The molecule has 0 atom stereocenters. The van der Waals surface area contributed by atoms with Crippen molar-refractivity contribution in [2.45, 2.75) is 0 Å². The number of hydrogen-bond acceptors (Lipinski definition) is 2. The smallest absolute Gasteiger partial charge is 0.178 e. The molecule has 1 heterocycles. The highest BCUT2D eigenvalue weighted by Gasteiger charge is 2.07. The summed E-state index contributed by atoms with van der Waals surface area (Å²) >= 11 is 5.52. The Kier molecular flexibility index (Phi) is 4.06. The van der Waals surface area contributed by atoms with Crippen LogP contribution in [-0.2, 0) is 0 Å². The Bertz CT molecular complexity index is 479. The molecule has 0 fully saturated rings. The lowest BCUT2D eigenvalue weighted by molar-refractivity contribution is 0.102. The van der Waals surface area contributed by atoms with Gasteiger partial charge in [0.1, 0.15) is 0 Å². The van der Waals surface area contributed by atoms with Gasteiger partial charge in [0.15, 0.2) is 5.78 Å². The summed E-state index contributed by atoms with van der Waals surface area (Å²) in [6, 6.07) is 9.23. The SMILES string of the molecule is Cl.O=C(CCl)c1ccnc2ccccc12. The normalized spacial score (nSPS) is 9.67. The molecule has 0 saturated heterocycles. The fraction of sp³-hybridized carbons (Fsp3) is 0.0909. The Morgan fingerprint density at radius 3 is 2.73 bits per heavy atom. The van der Waals surface area contributed by atoms with Crippen molar-refractivity contribution in [2.75, 3.05) is 5.88 Å². The zero-order valence-corrected chi connectivity index (χ0v) is 9.39. The molecule has 78 valence electrons. The number of halogens is 2. The van der Waals surface area contributed by atoms with Crippen LogP contribution in [0.1, 0.15) is 10.4 Å². The maximum Gasteiger partial charge on any atom is 0.178 e. The van der Waals surface area contributed by atoms with E-state index < -0.39 is 0 Å². The van der Waals surface area contributed by atoms with E-state index in [-0.39, 0.29) is 24.1 Å². The predicted octanol–water partition coefficient (Wildman–Crippen LogP) is 3.08. The number of aromatic nitrogens is 1. The van der Waals surface area contributed by atoms with Gasteiger partial charge in [0.2, 0.25) is 0 Å². The number of Topliss-reactive ketones (excluding diaryl/α,β-unsaturated/α-hetero) is 1. The summed E-state index contributed by atoms with van der Waals surface area (Å²) in [5.74, 6) is -0.0566. The summed E-state index contributed by atoms with van der Waals surface area (Å²) in [6.07, 6.45) is 1.63. The van der Waals surface area contributed by atoms with Gasteiger partial charge in [-0.15, -0.1) is 24.0 Å². The molecule has 1 aromatic carbocycles. The maximum absolute atomic E-state index is 11.5. The van der Waals surface area contributed by atoms with Crippen molar-refractivity contribution in [3.63, 3.8) is 0 Å². The molecule has 2 nitrogen and oxygen atoms in total. The van der Waals surface area contributed by atoms with Crippen LogP contribution >= 0.6 is 24.0 Å². The molecule has 0 amide bonds. The van der Waals surface area contributed by atoms with Crippen molar-refractivity contribution < 1.29 is 4.79 Å². The van der Waals surface area contributed by atoms with Gasteiger partial charge in [0, 0.05) is 17.1 Å². The average molecular weight is 242 g/mol. The number of pyridine rings is 1. The van der Waals surface area contributed by atoms with Crippen LogP contribution in [0.3, 0.4) is 0 Å². The molecule has 0 aliphatic carbocycles. The zero-order valence-electron chi connectivity index (χ0n) is 7.81. The highest BCUT2D eigenvalue weighted by molar-refractivity contribution is 6.31. The molecule has 0 N–H and O–H groups in total. The van der Waals surface area contributed by atoms with Crippen LogP contribution in [0.4, 0.5) is 0 Å². The van der Waals surface area contributed by atoms with Crippen molar-refractivity contribution in [1.29, 1.82) is 0 Å². The van der Waals surface area contributed by atoms with Crippen LogP contribution in [0.2, 0.25) is 0 Å². The monoisotopic (exact) mass is 241 g/mol. The van der Waals surface area contributed by atoms with Gasteiger partial charge in [-0.05, 0) is 12.1 Å². The molecule has 0 spiro atoms. The number of benzene rings is 1. The number of nitrogens with zero attached hydrogens (tertiary/aromatic N) is 1. The fourth-order valence-electron chi connectivity index (χ4n) is 1.41. The lowest BCUT2D eigenvalue weighted by Gasteiger charge is -2.01. The molecule has 0 bridgehead atoms. The summed E-state index contributed by atoms with van der Waals surface area (Å²) < 4.78 is 0. The lowest BCUT2D eigenvalue weighted by Crippen LogP contribution is -2.01. The molecular weight excluding hydrogens is 233 g/mol. The Morgan fingerprint density at radius 1 is 1.27 bits per heavy atom. The van der Waals surface area contributed by atoms with Crippen molar-refractivity contribution in [3.05, 3.63) is 42.1 Å². The van der Waals surface area contributed by atoms with E-state index >= 15 is 0 Å². The van der Waals surface area contributed by atoms with Crippen LogP contribution in [0.25, 0.3) is 10.9 Å². The van der Waals surface area contributed by atoms with Gasteiger partial charge in [-0.3, -0.25) is 9.78 Å². The third-order valence-corrected chi connectivity index (χ3v) is 2.31. The van der Waals surface area contributed by atoms with Crippen molar-refractivity contribution in [2.24, 2.45) is 0 Å². The van der Waals surface area contributed by atoms with E-state index in [2.05, 4.69) is 4.98 Å². The first-order valence-corrected chi connectivity index (χ1v) is 4.79. The number of rotatable bonds is 2. The van der Waals surface area contributed by atoms with E-state index in [0.29, 0.717) is 5.56 Å². The highest BCUT2D eigenvalue weighted by Crippen LogP contribution is 2.16. The summed E-state index contributed by atoms with van der Waals surface area (Å²) in [6.45, 7) is 0. The van der Waals surface area contributed by atoms with Gasteiger partial charge < -0.3 is 0 Å². The second-order valence-electron chi connectivity index (χ2n) is 2.93. The largest absolute Gasteiger partial charge is 0.293 e. The first-order valence-electron chi connectivity index (χ1n) is 4.26. The first kappa shape index (κ1) is 12.0. The van der Waals surface area contributed by atoms with E-state index in [1.807, 2.05) is 24.3 Å². The van der Waals surface area contributed by atoms with Crippen LogP contribution in [-0.4, -0.2) is 16.6 Å². The third-order valence-electron chi connectivity index (χ3n) is 2.07. The number of ketones is 1. The van der Waals surface area contributed by atoms with Gasteiger partial charge in [0.05, 0.1) is 11.4 Å². The standard InChI is InChI=1S/C11H8ClNO.ClH/c12-7-11(14)9-5-6-13-10-4-2-1-3-8(9)10;/h1-6H,7H2;1H. The third kappa shape index (κ3) is 2.28. The summed E-state index contributed by atoms with van der Waals surface area (Å²) in [5.41, 5.74) is 1.47. The lowest BCUT2D eigenvalue weighted by atomic mass is 10.1. The molecular formula is C11H9Cl2NO. The Balaban J connectivity index is 0.00000112. The second-order valence-corrected chi connectivity index (χ2v) is 3.20. The van der Waals surface area contributed by atoms with Crippen LogP contribution < -0.4 is 0 Å². The Labute approximate surface area is 98.7 Å². The number of hydrogen-bond donors (Lipinski definition) is 0. The Morgan fingerprint density at radius 2 is 2.00 bits per heavy atom. The number of carbonyl (C=O) groups is 1. The summed E-state index contributed by atoms with van der Waals surface area (Å²) in [4.78, 5) is 15.6. The number of carbonyl (C=O) groups excluding carboxylic acids is 1. The number of alkyl halides is 1. The first-order chi connectivity index (χ1) is 6.83. The van der Waals surface area contributed by atoms with E-state index in [9.17, 15) is 4.79 Å². The fourth-order valence-corrected chi connectivity index (χ4v) is 1.55. The molecule has 0 unspecified atom stereocenters. The molecule has 0 aliphatic heterocycles. The van der Waals surface area contributed by atoms with E-state index in [1.54, 1.807) is 12.3 Å². The van der Waals surface area contributed by atoms with Crippen LogP contribution in [0, 0.1) is 0 Å². The van der Waals surface area contributed by atoms with E-state index in [4.69, 9.17) is 11.6 Å². The topological polar surface area (TPSA) is 30.0 Å². The van der Waals surface area contributed by atoms with E-state index in [0.717, 1.165) is 10.9 Å². The van der Waals surface area contributed by atoms with Gasteiger partial charge in [-0.1, -0.05) is 18.2 Å². The molecule has 15 heavy (non-hydrogen) atoms. The minimum absolute atomic E-state index is 0. The van der Waals surface area contributed by atoms with Gasteiger partial charge in [0.25, 0.3) is 0 Å². The Hall–Kier alpha value is -1.12. The molecule has 0 radical (unpaired) electrons. The van der Waals surface area contributed by atoms with Crippen molar-refractivity contribution in [3.8, 4) is 0 Å². The maximum atomic E-state index is 11.5. The number of fused-ring (bicyclic) bond motifs is 1. The molecule has 2 aromatic rings.